The Balaban J connectivity index is 1.92. The molecule has 0 aromatic carbocycles. The van der Waals surface area contributed by atoms with Crippen LogP contribution in [-0.4, -0.2) is 21.8 Å². The van der Waals surface area contributed by atoms with E-state index in [0.717, 1.165) is 15.5 Å². The van der Waals surface area contributed by atoms with Gasteiger partial charge in [0, 0.05) is 12.8 Å². The Hall–Kier alpha value is -2.08. The van der Waals surface area contributed by atoms with E-state index < -0.39 is 0 Å². The topological polar surface area (TPSA) is 63.2 Å². The second-order valence-corrected chi connectivity index (χ2v) is 4.81. The lowest BCUT2D eigenvalue weighted by molar-refractivity contribution is -0.121. The van der Waals surface area contributed by atoms with Crippen molar-refractivity contribution in [3.05, 3.63) is 29.9 Å². The predicted octanol–water partition coefficient (Wildman–Crippen LogP) is 1.86. The summed E-state index contributed by atoms with van der Waals surface area (Å²) in [5, 5.41) is 1.96. The Morgan fingerprint density at radius 2 is 1.89 bits per heavy atom. The number of aromatic nitrogens is 2. The highest BCUT2D eigenvalue weighted by molar-refractivity contribution is 7.13. The molecule has 0 saturated carbocycles. The van der Waals surface area contributed by atoms with Crippen molar-refractivity contribution in [2.24, 2.45) is 0 Å². The largest absolute Gasteiger partial charge is 0.274 e. The molecule has 3 rings (SSSR count). The molecule has 5 nitrogen and oxygen atoms in total. The van der Waals surface area contributed by atoms with Gasteiger partial charge in [-0.15, -0.1) is 11.3 Å². The second-order valence-electron chi connectivity index (χ2n) is 3.86. The highest BCUT2D eigenvalue weighted by atomic mass is 32.1. The Morgan fingerprint density at radius 1 is 1.11 bits per heavy atom. The first kappa shape index (κ1) is 11.0. The highest BCUT2D eigenvalue weighted by Gasteiger charge is 2.31. The number of rotatable bonds is 2. The van der Waals surface area contributed by atoms with Crippen molar-refractivity contribution in [3.8, 4) is 10.6 Å². The Labute approximate surface area is 107 Å². The molecule has 1 aliphatic heterocycles. The Kier molecular flexibility index (Phi) is 2.64. The highest BCUT2D eigenvalue weighted by Crippen LogP contribution is 2.24. The van der Waals surface area contributed by atoms with Gasteiger partial charge in [-0.2, -0.15) is 0 Å². The quantitative estimate of drug-likeness (QED) is 0.772. The van der Waals surface area contributed by atoms with E-state index in [2.05, 4.69) is 9.97 Å². The van der Waals surface area contributed by atoms with Crippen LogP contribution >= 0.6 is 11.3 Å². The fourth-order valence-electron chi connectivity index (χ4n) is 1.82. The molecule has 2 aromatic heterocycles. The van der Waals surface area contributed by atoms with Crippen LogP contribution in [-0.2, 0) is 9.59 Å². The van der Waals surface area contributed by atoms with Crippen LogP contribution in [0.4, 0.5) is 5.82 Å². The number of nitrogens with zero attached hydrogens (tertiary/aromatic N) is 3. The standard InChI is InChI=1S/C12H9N3O2S/c16-11-3-4-12(17)15(11)10-7-13-8(6-14-10)9-2-1-5-18-9/h1-2,5-7H,3-4H2. The number of amides is 2. The summed E-state index contributed by atoms with van der Waals surface area (Å²) in [6, 6.07) is 3.88. The van der Waals surface area contributed by atoms with Gasteiger partial charge in [0.25, 0.3) is 0 Å². The van der Waals surface area contributed by atoms with Crippen molar-refractivity contribution in [2.45, 2.75) is 12.8 Å². The summed E-state index contributed by atoms with van der Waals surface area (Å²) in [6.07, 6.45) is 3.57. The third-order valence-corrected chi connectivity index (χ3v) is 3.58. The molecule has 0 radical (unpaired) electrons. The van der Waals surface area contributed by atoms with Gasteiger partial charge in [0.2, 0.25) is 11.8 Å². The second kappa shape index (κ2) is 4.30. The lowest BCUT2D eigenvalue weighted by Crippen LogP contribution is -2.29. The van der Waals surface area contributed by atoms with Gasteiger partial charge in [-0.25, -0.2) is 14.9 Å². The summed E-state index contributed by atoms with van der Waals surface area (Å²) in [5.41, 5.74) is 0.743. The van der Waals surface area contributed by atoms with E-state index in [1.807, 2.05) is 17.5 Å². The van der Waals surface area contributed by atoms with Gasteiger partial charge in [0.1, 0.15) is 0 Å². The van der Waals surface area contributed by atoms with E-state index in [1.165, 1.54) is 6.20 Å². The number of carbonyl (C=O) groups excluding carboxylic acids is 2. The lowest BCUT2D eigenvalue weighted by atomic mass is 10.3. The van der Waals surface area contributed by atoms with E-state index in [4.69, 9.17) is 0 Å². The van der Waals surface area contributed by atoms with Crippen LogP contribution in [0.25, 0.3) is 10.6 Å². The van der Waals surface area contributed by atoms with Crippen LogP contribution in [0.5, 0.6) is 0 Å². The fourth-order valence-corrected chi connectivity index (χ4v) is 2.51. The normalized spacial score (nSPS) is 15.4. The first-order valence-electron chi connectivity index (χ1n) is 5.47. The first-order chi connectivity index (χ1) is 8.75. The number of anilines is 1. The van der Waals surface area contributed by atoms with E-state index in [1.54, 1.807) is 17.5 Å². The minimum absolute atomic E-state index is 0.210. The van der Waals surface area contributed by atoms with Crippen LogP contribution in [0.2, 0.25) is 0 Å². The molecule has 0 spiro atoms. The van der Waals surface area contributed by atoms with Gasteiger partial charge in [-0.05, 0) is 11.4 Å². The van der Waals surface area contributed by atoms with Crippen LogP contribution in [0, 0.1) is 0 Å². The zero-order valence-electron chi connectivity index (χ0n) is 9.37. The molecule has 0 aliphatic carbocycles. The monoisotopic (exact) mass is 259 g/mol. The smallest absolute Gasteiger partial charge is 0.235 e. The molecule has 0 atom stereocenters. The van der Waals surface area contributed by atoms with Crippen molar-refractivity contribution in [3.63, 3.8) is 0 Å². The third kappa shape index (κ3) is 1.80. The molecule has 2 amide bonds. The lowest BCUT2D eigenvalue weighted by Gasteiger charge is -2.11. The molecule has 0 unspecified atom stereocenters. The zero-order valence-corrected chi connectivity index (χ0v) is 10.2. The molecule has 0 N–H and O–H groups in total. The van der Waals surface area contributed by atoms with Gasteiger partial charge in [-0.1, -0.05) is 6.07 Å². The van der Waals surface area contributed by atoms with Crippen LogP contribution in [0.1, 0.15) is 12.8 Å². The fraction of sp³-hybridized carbons (Fsp3) is 0.167. The molecule has 18 heavy (non-hydrogen) atoms. The van der Waals surface area contributed by atoms with Gasteiger partial charge >= 0.3 is 0 Å². The van der Waals surface area contributed by atoms with Crippen molar-refractivity contribution in [1.82, 2.24) is 9.97 Å². The van der Waals surface area contributed by atoms with E-state index in [0.29, 0.717) is 5.82 Å². The number of carbonyl (C=O) groups is 2. The van der Waals surface area contributed by atoms with Crippen molar-refractivity contribution >= 4 is 29.0 Å². The van der Waals surface area contributed by atoms with Crippen molar-refractivity contribution in [2.75, 3.05) is 4.90 Å². The average Bonchev–Trinajstić information content (AvgIpc) is 3.01. The molecule has 2 aromatic rings. The molecule has 1 aliphatic rings. The summed E-state index contributed by atoms with van der Waals surface area (Å²) in [4.78, 5) is 33.6. The number of imide groups is 1. The predicted molar refractivity (Wildman–Crippen MR) is 67.1 cm³/mol. The minimum Gasteiger partial charge on any atom is -0.274 e. The first-order valence-corrected chi connectivity index (χ1v) is 6.35. The maximum atomic E-state index is 11.5. The summed E-state index contributed by atoms with van der Waals surface area (Å²) in [5.74, 6) is -0.112. The van der Waals surface area contributed by atoms with E-state index in [-0.39, 0.29) is 24.7 Å². The zero-order chi connectivity index (χ0) is 12.5. The molecule has 1 fully saturated rings. The van der Waals surface area contributed by atoms with Gasteiger partial charge < -0.3 is 0 Å². The van der Waals surface area contributed by atoms with E-state index in [9.17, 15) is 9.59 Å². The van der Waals surface area contributed by atoms with Crippen LogP contribution in [0.3, 0.4) is 0 Å². The molecular formula is C12H9N3O2S. The van der Waals surface area contributed by atoms with Gasteiger partial charge in [0.15, 0.2) is 5.82 Å². The number of hydrogen-bond acceptors (Lipinski definition) is 5. The van der Waals surface area contributed by atoms with Crippen LogP contribution < -0.4 is 4.90 Å². The maximum absolute atomic E-state index is 11.5. The third-order valence-electron chi connectivity index (χ3n) is 2.69. The summed E-state index contributed by atoms with van der Waals surface area (Å²) in [7, 11) is 0. The molecule has 6 heteroatoms. The van der Waals surface area contributed by atoms with Crippen molar-refractivity contribution in [1.29, 1.82) is 0 Å². The summed E-state index contributed by atoms with van der Waals surface area (Å²) in [6.45, 7) is 0. The summed E-state index contributed by atoms with van der Waals surface area (Å²) < 4.78 is 0. The SMILES string of the molecule is O=C1CCC(=O)N1c1cnc(-c2cccs2)cn1. The molecule has 1 saturated heterocycles. The minimum atomic E-state index is -0.210. The number of hydrogen-bond donors (Lipinski definition) is 0. The summed E-state index contributed by atoms with van der Waals surface area (Å²) >= 11 is 1.57. The van der Waals surface area contributed by atoms with Crippen molar-refractivity contribution < 1.29 is 9.59 Å². The van der Waals surface area contributed by atoms with E-state index >= 15 is 0 Å². The van der Waals surface area contributed by atoms with Gasteiger partial charge in [-0.3, -0.25) is 9.59 Å². The Bertz CT molecular complexity index is 576. The van der Waals surface area contributed by atoms with Crippen LogP contribution in [0.15, 0.2) is 29.9 Å². The molecule has 90 valence electrons. The average molecular weight is 259 g/mol. The molecule has 0 bridgehead atoms. The molecular weight excluding hydrogens is 250 g/mol. The maximum Gasteiger partial charge on any atom is 0.235 e. The Morgan fingerprint density at radius 3 is 2.44 bits per heavy atom. The number of thiophene rings is 1. The van der Waals surface area contributed by atoms with Gasteiger partial charge in [0.05, 0.1) is 23.0 Å². The molecule has 3 heterocycles.